The fourth-order valence-electron chi connectivity index (χ4n) is 2.00. The lowest BCUT2D eigenvalue weighted by molar-refractivity contribution is 0.209. The van der Waals surface area contributed by atoms with Gasteiger partial charge >= 0.3 is 6.09 Å². The van der Waals surface area contributed by atoms with Crippen LogP contribution in [0.3, 0.4) is 0 Å². The first kappa shape index (κ1) is 15.0. The molecule has 0 spiro atoms. The third kappa shape index (κ3) is 3.32. The minimum Gasteiger partial charge on any atom is -0.465 e. The second-order valence-electron chi connectivity index (χ2n) is 4.67. The minimum absolute atomic E-state index is 0.299. The van der Waals surface area contributed by atoms with E-state index in [1.54, 1.807) is 31.5 Å². The maximum absolute atomic E-state index is 12.9. The summed E-state index contributed by atoms with van der Waals surface area (Å²) in [5.41, 5.74) is 2.15. The number of rotatable bonds is 3. The van der Waals surface area contributed by atoms with Crippen molar-refractivity contribution in [3.63, 3.8) is 0 Å². The molecule has 3 rings (SSSR count). The Hall–Kier alpha value is -2.87. The topological polar surface area (TPSA) is 88.0 Å². The predicted octanol–water partition coefficient (Wildman–Crippen LogP) is 3.80. The molecule has 0 fully saturated rings. The number of nitrogens with zero attached hydrogens (tertiary/aromatic N) is 3. The summed E-state index contributed by atoms with van der Waals surface area (Å²) in [5.74, 6) is 0.170. The maximum atomic E-state index is 12.9. The molecule has 6 nitrogen and oxygen atoms in total. The van der Waals surface area contributed by atoms with Crippen LogP contribution in [0.15, 0.2) is 36.7 Å². The number of aryl methyl sites for hydroxylation is 1. The largest absolute Gasteiger partial charge is 0.465 e. The molecular formula is C15H11FN4O2S. The summed E-state index contributed by atoms with van der Waals surface area (Å²) in [6, 6.07) is 5.92. The van der Waals surface area contributed by atoms with E-state index in [4.69, 9.17) is 5.11 Å². The molecule has 0 atom stereocenters. The Bertz CT molecular complexity index is 847. The molecule has 116 valence electrons. The van der Waals surface area contributed by atoms with Crippen LogP contribution in [0.5, 0.6) is 0 Å². The summed E-state index contributed by atoms with van der Waals surface area (Å²) in [6.45, 7) is 1.78. The molecule has 0 bridgehead atoms. The monoisotopic (exact) mass is 330 g/mol. The molecule has 0 aliphatic heterocycles. The molecule has 0 radical (unpaired) electrons. The van der Waals surface area contributed by atoms with E-state index in [9.17, 15) is 9.18 Å². The zero-order valence-electron chi connectivity index (χ0n) is 11.9. The van der Waals surface area contributed by atoms with E-state index in [1.807, 2.05) is 0 Å². The lowest BCUT2D eigenvalue weighted by Gasteiger charge is -2.02. The van der Waals surface area contributed by atoms with Gasteiger partial charge in [0.1, 0.15) is 5.82 Å². The van der Waals surface area contributed by atoms with Crippen LogP contribution < -0.4 is 5.32 Å². The molecule has 1 aromatic carbocycles. The first-order valence-electron chi connectivity index (χ1n) is 6.58. The lowest BCUT2D eigenvalue weighted by Crippen LogP contribution is -2.06. The number of halogens is 1. The molecular weight excluding hydrogens is 319 g/mol. The summed E-state index contributed by atoms with van der Waals surface area (Å²) >= 11 is 1.21. The highest BCUT2D eigenvalue weighted by Gasteiger charge is 2.12. The molecule has 0 aliphatic carbocycles. The number of nitrogens with one attached hydrogen (secondary N) is 1. The Morgan fingerprint density at radius 1 is 1.17 bits per heavy atom. The Labute approximate surface area is 134 Å². The summed E-state index contributed by atoms with van der Waals surface area (Å²) in [5, 5.41) is 11.2. The van der Waals surface area contributed by atoms with Gasteiger partial charge in [-0.15, -0.1) is 0 Å². The summed E-state index contributed by atoms with van der Waals surface area (Å²) in [7, 11) is 0. The van der Waals surface area contributed by atoms with E-state index in [1.165, 1.54) is 23.5 Å². The number of carboxylic acid groups (broad SMARTS) is 1. The highest BCUT2D eigenvalue weighted by atomic mass is 32.1. The van der Waals surface area contributed by atoms with E-state index in [-0.39, 0.29) is 5.82 Å². The molecule has 1 amide bonds. The first-order chi connectivity index (χ1) is 11.0. The van der Waals surface area contributed by atoms with Crippen LogP contribution in [-0.4, -0.2) is 26.2 Å². The molecule has 0 saturated carbocycles. The normalized spacial score (nSPS) is 10.5. The van der Waals surface area contributed by atoms with Crippen molar-refractivity contribution in [1.29, 1.82) is 0 Å². The van der Waals surface area contributed by atoms with Crippen molar-refractivity contribution in [2.24, 2.45) is 0 Å². The van der Waals surface area contributed by atoms with Gasteiger partial charge in [0.05, 0.1) is 10.6 Å². The second kappa shape index (κ2) is 6.09. The molecule has 3 aromatic rings. The number of aromatic nitrogens is 3. The number of carbonyl (C=O) groups is 1. The quantitative estimate of drug-likeness (QED) is 0.762. The van der Waals surface area contributed by atoms with Gasteiger partial charge in [-0.1, -0.05) is 11.3 Å². The van der Waals surface area contributed by atoms with Crippen LogP contribution in [0, 0.1) is 12.7 Å². The molecule has 0 aliphatic rings. The third-order valence-electron chi connectivity index (χ3n) is 3.03. The molecule has 0 unspecified atom stereocenters. The minimum atomic E-state index is -1.16. The van der Waals surface area contributed by atoms with Crippen LogP contribution in [0.2, 0.25) is 0 Å². The van der Waals surface area contributed by atoms with Crippen LogP contribution in [-0.2, 0) is 0 Å². The van der Waals surface area contributed by atoms with Gasteiger partial charge < -0.3 is 5.11 Å². The molecule has 2 aromatic heterocycles. The second-order valence-corrected chi connectivity index (χ2v) is 5.67. The summed E-state index contributed by atoms with van der Waals surface area (Å²) in [4.78, 5) is 24.1. The number of thiazole rings is 1. The van der Waals surface area contributed by atoms with Crippen LogP contribution >= 0.6 is 11.3 Å². The van der Waals surface area contributed by atoms with Gasteiger partial charge in [0, 0.05) is 23.5 Å². The maximum Gasteiger partial charge on any atom is 0.410 e. The van der Waals surface area contributed by atoms with Crippen molar-refractivity contribution in [3.8, 4) is 21.8 Å². The predicted molar refractivity (Wildman–Crippen MR) is 84.9 cm³/mol. The van der Waals surface area contributed by atoms with E-state index < -0.39 is 6.09 Å². The van der Waals surface area contributed by atoms with Crippen molar-refractivity contribution < 1.29 is 14.3 Å². The van der Waals surface area contributed by atoms with Gasteiger partial charge in [-0.3, -0.25) is 5.32 Å². The number of anilines is 1. The fourth-order valence-corrected chi connectivity index (χ4v) is 2.93. The Kier molecular flexibility index (Phi) is 3.98. The lowest BCUT2D eigenvalue weighted by atomic mass is 10.2. The molecule has 8 heteroatoms. The van der Waals surface area contributed by atoms with E-state index in [2.05, 4.69) is 20.3 Å². The van der Waals surface area contributed by atoms with E-state index in [0.29, 0.717) is 22.2 Å². The van der Waals surface area contributed by atoms with Gasteiger partial charge in [-0.05, 0) is 31.2 Å². The van der Waals surface area contributed by atoms with Crippen molar-refractivity contribution in [2.75, 3.05) is 5.32 Å². The molecule has 23 heavy (non-hydrogen) atoms. The Morgan fingerprint density at radius 3 is 2.43 bits per heavy atom. The number of benzene rings is 1. The third-order valence-corrected chi connectivity index (χ3v) is 4.15. The van der Waals surface area contributed by atoms with Gasteiger partial charge in [-0.2, -0.15) is 0 Å². The molecule has 2 N–H and O–H groups in total. The van der Waals surface area contributed by atoms with Crippen molar-refractivity contribution >= 4 is 22.6 Å². The van der Waals surface area contributed by atoms with Crippen molar-refractivity contribution in [2.45, 2.75) is 6.92 Å². The average molecular weight is 330 g/mol. The molecule has 2 heterocycles. The number of amides is 1. The fraction of sp³-hybridized carbons (Fsp3) is 0.0667. The Morgan fingerprint density at radius 2 is 1.83 bits per heavy atom. The van der Waals surface area contributed by atoms with Crippen molar-refractivity contribution in [1.82, 2.24) is 15.0 Å². The van der Waals surface area contributed by atoms with Crippen LogP contribution in [0.1, 0.15) is 5.69 Å². The van der Waals surface area contributed by atoms with Crippen LogP contribution in [0.4, 0.5) is 14.3 Å². The summed E-state index contributed by atoms with van der Waals surface area (Å²) in [6.07, 6.45) is 2.11. The van der Waals surface area contributed by atoms with Gasteiger partial charge in [0.25, 0.3) is 0 Å². The number of hydrogen-bond donors (Lipinski definition) is 2. The van der Waals surface area contributed by atoms with E-state index >= 15 is 0 Å². The zero-order chi connectivity index (χ0) is 16.4. The van der Waals surface area contributed by atoms with Crippen LogP contribution in [0.25, 0.3) is 21.8 Å². The SMILES string of the molecule is Cc1nc(NC(=O)O)sc1-c1cnc(-c2ccc(F)cc2)nc1. The average Bonchev–Trinajstić information content (AvgIpc) is 2.88. The highest BCUT2D eigenvalue weighted by molar-refractivity contribution is 7.19. The standard InChI is InChI=1S/C15H11FN4O2S/c1-8-12(23-14(19-8)20-15(21)22)10-6-17-13(18-7-10)9-2-4-11(16)5-3-9/h2-7H,1H3,(H,19,20)(H,21,22). The number of hydrogen-bond acceptors (Lipinski definition) is 5. The Balaban J connectivity index is 1.89. The summed E-state index contributed by atoms with van der Waals surface area (Å²) < 4.78 is 12.9. The molecule has 0 saturated heterocycles. The van der Waals surface area contributed by atoms with Gasteiger partial charge in [0.2, 0.25) is 0 Å². The zero-order valence-corrected chi connectivity index (χ0v) is 12.8. The highest BCUT2D eigenvalue weighted by Crippen LogP contribution is 2.32. The van der Waals surface area contributed by atoms with Crippen molar-refractivity contribution in [3.05, 3.63) is 48.2 Å². The van der Waals surface area contributed by atoms with Gasteiger partial charge in [-0.25, -0.2) is 24.1 Å². The van der Waals surface area contributed by atoms with E-state index in [0.717, 1.165) is 10.4 Å². The smallest absolute Gasteiger partial charge is 0.410 e. The van der Waals surface area contributed by atoms with Gasteiger partial charge in [0.15, 0.2) is 11.0 Å². The first-order valence-corrected chi connectivity index (χ1v) is 7.40.